The van der Waals surface area contributed by atoms with Crippen LogP contribution in [0.15, 0.2) is 24.3 Å². The van der Waals surface area contributed by atoms with E-state index in [-0.39, 0.29) is 43.1 Å². The zero-order chi connectivity index (χ0) is 15.9. The Balaban J connectivity index is 0. The Morgan fingerprint density at radius 1 is 1.08 bits per heavy atom. The highest BCUT2D eigenvalue weighted by atomic mass is 35.5. The number of hydrogen-bond donors (Lipinski definition) is 2. The van der Waals surface area contributed by atoms with Gasteiger partial charge in [-0.1, -0.05) is 36.8 Å². The van der Waals surface area contributed by atoms with Crippen molar-refractivity contribution in [2.24, 2.45) is 5.73 Å². The summed E-state index contributed by atoms with van der Waals surface area (Å²) >= 11 is 0. The second-order valence-corrected chi connectivity index (χ2v) is 5.96. The van der Waals surface area contributed by atoms with Crippen LogP contribution < -0.4 is 11.1 Å². The van der Waals surface area contributed by atoms with Crippen LogP contribution in [0.5, 0.6) is 0 Å². The first kappa shape index (κ1) is 26.7. The molecule has 0 saturated carbocycles. The molecule has 1 unspecified atom stereocenters. The molecule has 1 atom stereocenters. The number of hydrogen-bond acceptors (Lipinski definition) is 4. The molecule has 8 heteroatoms. The summed E-state index contributed by atoms with van der Waals surface area (Å²) < 4.78 is 0. The molecule has 2 rings (SSSR count). The summed E-state index contributed by atoms with van der Waals surface area (Å²) in [5.74, 6) is -0.101. The van der Waals surface area contributed by atoms with E-state index in [1.807, 2.05) is 31.2 Å². The minimum atomic E-state index is -0.586. The highest BCUT2D eigenvalue weighted by Gasteiger charge is 2.17. The molecule has 1 aromatic carbocycles. The van der Waals surface area contributed by atoms with Crippen LogP contribution in [0.3, 0.4) is 0 Å². The van der Waals surface area contributed by atoms with Crippen LogP contribution >= 0.6 is 37.2 Å². The number of benzene rings is 1. The van der Waals surface area contributed by atoms with E-state index in [2.05, 4.69) is 22.0 Å². The Hall–Kier alpha value is -0.560. The molecule has 1 amide bonds. The highest BCUT2D eigenvalue weighted by molar-refractivity contribution is 5.86. The lowest BCUT2D eigenvalue weighted by Crippen LogP contribution is -2.48. The van der Waals surface area contributed by atoms with E-state index in [9.17, 15) is 4.79 Å². The third kappa shape index (κ3) is 8.58. The van der Waals surface area contributed by atoms with E-state index >= 15 is 0 Å². The Morgan fingerprint density at radius 3 is 2.12 bits per heavy atom. The van der Waals surface area contributed by atoms with Gasteiger partial charge in [-0.2, -0.15) is 0 Å². The maximum Gasteiger partial charge on any atom is 0.241 e. The minimum Gasteiger partial charge on any atom is -0.353 e. The number of nitrogens with zero attached hydrogens (tertiary/aromatic N) is 2. The lowest BCUT2D eigenvalue weighted by atomic mass is 10.1. The number of carbonyl (C=O) groups excluding carboxylic acids is 1. The molecule has 0 aliphatic carbocycles. The molecule has 1 aliphatic rings. The summed E-state index contributed by atoms with van der Waals surface area (Å²) in [6, 6.07) is 7.22. The first-order valence-corrected chi connectivity index (χ1v) is 8.14. The van der Waals surface area contributed by atoms with Crippen LogP contribution in [0.4, 0.5) is 0 Å². The van der Waals surface area contributed by atoms with Gasteiger partial charge >= 0.3 is 0 Å². The van der Waals surface area contributed by atoms with Crippen molar-refractivity contribution in [2.75, 3.05) is 45.8 Å². The zero-order valence-corrected chi connectivity index (χ0v) is 17.4. The maximum absolute atomic E-state index is 12.1. The lowest BCUT2D eigenvalue weighted by Gasteiger charge is -2.34. The van der Waals surface area contributed by atoms with Crippen molar-refractivity contribution in [3.05, 3.63) is 35.4 Å². The van der Waals surface area contributed by atoms with Crippen LogP contribution in [0.1, 0.15) is 24.1 Å². The number of halogens is 3. The Kier molecular flexibility index (Phi) is 14.5. The Labute approximate surface area is 169 Å². The minimum absolute atomic E-state index is 0. The molecular formula is C17H31Cl3N4O. The summed E-state index contributed by atoms with van der Waals surface area (Å²) in [6.07, 6.45) is 0. The molecular weight excluding hydrogens is 383 g/mol. The van der Waals surface area contributed by atoms with Crippen molar-refractivity contribution < 1.29 is 4.79 Å². The predicted octanol–water partition coefficient (Wildman–Crippen LogP) is 2.01. The largest absolute Gasteiger partial charge is 0.353 e. The van der Waals surface area contributed by atoms with E-state index in [4.69, 9.17) is 5.73 Å². The fourth-order valence-corrected chi connectivity index (χ4v) is 2.70. The molecule has 0 radical (unpaired) electrons. The van der Waals surface area contributed by atoms with Gasteiger partial charge in [-0.05, 0) is 19.0 Å². The van der Waals surface area contributed by atoms with Crippen molar-refractivity contribution in [1.29, 1.82) is 0 Å². The quantitative estimate of drug-likeness (QED) is 0.749. The SMILES string of the molecule is CCN1CCN(CCNC(=O)C(N)c2ccc(C)cc2)CC1.Cl.Cl.Cl. The normalized spacial score (nSPS) is 16.0. The van der Waals surface area contributed by atoms with Crippen molar-refractivity contribution in [3.63, 3.8) is 0 Å². The second kappa shape index (κ2) is 13.6. The molecule has 1 aliphatic heterocycles. The van der Waals surface area contributed by atoms with Gasteiger partial charge in [0.1, 0.15) is 6.04 Å². The molecule has 25 heavy (non-hydrogen) atoms. The monoisotopic (exact) mass is 412 g/mol. The fraction of sp³-hybridized carbons (Fsp3) is 0.588. The van der Waals surface area contributed by atoms with E-state index in [1.165, 1.54) is 5.56 Å². The van der Waals surface area contributed by atoms with Gasteiger partial charge in [-0.3, -0.25) is 9.69 Å². The third-order valence-corrected chi connectivity index (χ3v) is 4.36. The summed E-state index contributed by atoms with van der Waals surface area (Å²) in [4.78, 5) is 16.9. The first-order valence-electron chi connectivity index (χ1n) is 8.14. The number of nitrogens with one attached hydrogen (secondary N) is 1. The van der Waals surface area contributed by atoms with Crippen LogP contribution in [0.2, 0.25) is 0 Å². The summed E-state index contributed by atoms with van der Waals surface area (Å²) in [7, 11) is 0. The Morgan fingerprint density at radius 2 is 1.60 bits per heavy atom. The first-order chi connectivity index (χ1) is 10.6. The number of carbonyl (C=O) groups is 1. The zero-order valence-electron chi connectivity index (χ0n) is 14.9. The van der Waals surface area contributed by atoms with Crippen molar-refractivity contribution in [1.82, 2.24) is 15.1 Å². The number of amides is 1. The molecule has 1 fully saturated rings. The van der Waals surface area contributed by atoms with Gasteiger partial charge in [0.05, 0.1) is 0 Å². The molecule has 0 aromatic heterocycles. The standard InChI is InChI=1S/C17H28N4O.3ClH/c1-3-20-10-12-21(13-11-20)9-8-19-17(22)16(18)15-6-4-14(2)5-7-15;;;/h4-7,16H,3,8-13,18H2,1-2H3,(H,19,22);3*1H. The number of aryl methyl sites for hydroxylation is 1. The van der Waals surface area contributed by atoms with Gasteiger partial charge in [0.2, 0.25) is 5.91 Å². The summed E-state index contributed by atoms with van der Waals surface area (Å²) in [5.41, 5.74) is 8.04. The van der Waals surface area contributed by atoms with Crippen LogP contribution in [-0.2, 0) is 4.79 Å². The molecule has 5 nitrogen and oxygen atoms in total. The lowest BCUT2D eigenvalue weighted by molar-refractivity contribution is -0.122. The molecule has 1 heterocycles. The van der Waals surface area contributed by atoms with E-state index in [1.54, 1.807) is 0 Å². The van der Waals surface area contributed by atoms with Gasteiger partial charge in [-0.25, -0.2) is 0 Å². The van der Waals surface area contributed by atoms with Gasteiger partial charge in [-0.15, -0.1) is 37.2 Å². The highest BCUT2D eigenvalue weighted by Crippen LogP contribution is 2.11. The molecule has 146 valence electrons. The molecule has 0 bridgehead atoms. The van der Waals surface area contributed by atoms with Crippen molar-refractivity contribution >= 4 is 43.1 Å². The van der Waals surface area contributed by atoms with Crippen molar-refractivity contribution in [2.45, 2.75) is 19.9 Å². The summed E-state index contributed by atoms with van der Waals surface area (Å²) in [6.45, 7) is 11.3. The number of nitrogens with two attached hydrogens (primary N) is 1. The predicted molar refractivity (Wildman–Crippen MR) is 111 cm³/mol. The average molecular weight is 414 g/mol. The van der Waals surface area contributed by atoms with E-state index < -0.39 is 6.04 Å². The number of likely N-dealkylation sites (N-methyl/N-ethyl adjacent to an activating group) is 1. The second-order valence-electron chi connectivity index (χ2n) is 5.96. The van der Waals surface area contributed by atoms with Gasteiger partial charge in [0.15, 0.2) is 0 Å². The topological polar surface area (TPSA) is 61.6 Å². The maximum atomic E-state index is 12.1. The van der Waals surface area contributed by atoms with Crippen LogP contribution in [0, 0.1) is 6.92 Å². The van der Waals surface area contributed by atoms with Crippen molar-refractivity contribution in [3.8, 4) is 0 Å². The molecule has 0 spiro atoms. The molecule has 1 aromatic rings. The summed E-state index contributed by atoms with van der Waals surface area (Å²) in [5, 5.41) is 2.95. The van der Waals surface area contributed by atoms with E-state index in [0.717, 1.165) is 44.8 Å². The van der Waals surface area contributed by atoms with Gasteiger partial charge in [0, 0.05) is 39.3 Å². The Bertz CT molecular complexity index is 479. The van der Waals surface area contributed by atoms with Crippen LogP contribution in [-0.4, -0.2) is 61.5 Å². The average Bonchev–Trinajstić information content (AvgIpc) is 2.55. The van der Waals surface area contributed by atoms with E-state index in [0.29, 0.717) is 6.54 Å². The molecule has 1 saturated heterocycles. The van der Waals surface area contributed by atoms with Gasteiger partial charge in [0.25, 0.3) is 0 Å². The molecule has 3 N–H and O–H groups in total. The number of rotatable bonds is 6. The smallest absolute Gasteiger partial charge is 0.241 e. The van der Waals surface area contributed by atoms with Crippen LogP contribution in [0.25, 0.3) is 0 Å². The van der Waals surface area contributed by atoms with Gasteiger partial charge < -0.3 is 16.0 Å². The number of piperazine rings is 1. The third-order valence-electron chi connectivity index (χ3n) is 4.36. The fourth-order valence-electron chi connectivity index (χ4n) is 2.70.